The maximum absolute atomic E-state index is 12.2. The highest BCUT2D eigenvalue weighted by Gasteiger charge is 2.34. The van der Waals surface area contributed by atoms with Crippen molar-refractivity contribution in [2.24, 2.45) is 5.73 Å². The molecule has 0 radical (unpaired) electrons. The normalized spacial score (nSPS) is 11.3. The molecule has 0 aliphatic heterocycles. The maximum atomic E-state index is 12.2. The number of hydrogen-bond donors (Lipinski definition) is 1. The first-order valence-electron chi connectivity index (χ1n) is 5.42. The summed E-state index contributed by atoms with van der Waals surface area (Å²) in [5, 5.41) is 0. The van der Waals surface area contributed by atoms with E-state index in [1.165, 1.54) is 19.9 Å². The number of aryl methyl sites for hydroxylation is 1. The summed E-state index contributed by atoms with van der Waals surface area (Å²) in [5.74, 6) is -1.77. The van der Waals surface area contributed by atoms with Gasteiger partial charge in [-0.1, -0.05) is 0 Å². The van der Waals surface area contributed by atoms with E-state index in [1.54, 1.807) is 0 Å². The Morgan fingerprint density at radius 1 is 1.47 bits per heavy atom. The maximum Gasteiger partial charge on any atom is 0.574 e. The standard InChI is InChI=1S/C11H13F3N2O3/c1-3-18-10(17)8-4-7(5-15)6(2)16-9(8)19-11(12,13)14/h4H,3,5,15H2,1-2H3. The van der Waals surface area contributed by atoms with Gasteiger partial charge in [-0.05, 0) is 25.5 Å². The Hall–Kier alpha value is -1.83. The largest absolute Gasteiger partial charge is 0.574 e. The van der Waals surface area contributed by atoms with E-state index in [0.29, 0.717) is 5.56 Å². The molecule has 1 aromatic rings. The van der Waals surface area contributed by atoms with Crippen molar-refractivity contribution >= 4 is 5.97 Å². The third-order valence-electron chi connectivity index (χ3n) is 2.21. The second-order valence-corrected chi connectivity index (χ2v) is 3.56. The fraction of sp³-hybridized carbons (Fsp3) is 0.455. The zero-order valence-electron chi connectivity index (χ0n) is 10.4. The van der Waals surface area contributed by atoms with Gasteiger partial charge in [0, 0.05) is 12.2 Å². The van der Waals surface area contributed by atoms with Crippen molar-refractivity contribution in [1.29, 1.82) is 0 Å². The van der Waals surface area contributed by atoms with Crippen LogP contribution in [0.2, 0.25) is 0 Å². The Morgan fingerprint density at radius 3 is 2.58 bits per heavy atom. The lowest BCUT2D eigenvalue weighted by atomic mass is 10.1. The lowest BCUT2D eigenvalue weighted by molar-refractivity contribution is -0.276. The van der Waals surface area contributed by atoms with Crippen molar-refractivity contribution in [3.63, 3.8) is 0 Å². The van der Waals surface area contributed by atoms with Crippen LogP contribution in [0.5, 0.6) is 5.88 Å². The first kappa shape index (κ1) is 15.2. The summed E-state index contributed by atoms with van der Waals surface area (Å²) in [6.07, 6.45) is -4.94. The summed E-state index contributed by atoms with van der Waals surface area (Å²) in [7, 11) is 0. The van der Waals surface area contributed by atoms with Gasteiger partial charge in [-0.2, -0.15) is 0 Å². The monoisotopic (exact) mass is 278 g/mol. The minimum atomic E-state index is -4.94. The van der Waals surface area contributed by atoms with E-state index in [4.69, 9.17) is 5.73 Å². The molecule has 1 rings (SSSR count). The van der Waals surface area contributed by atoms with E-state index < -0.39 is 23.8 Å². The van der Waals surface area contributed by atoms with Gasteiger partial charge < -0.3 is 15.2 Å². The molecule has 0 saturated carbocycles. The van der Waals surface area contributed by atoms with Gasteiger partial charge in [0.1, 0.15) is 5.56 Å². The molecule has 0 aliphatic rings. The zero-order valence-corrected chi connectivity index (χ0v) is 10.4. The second kappa shape index (κ2) is 5.87. The van der Waals surface area contributed by atoms with Crippen LogP contribution in [0.25, 0.3) is 0 Å². The summed E-state index contributed by atoms with van der Waals surface area (Å²) >= 11 is 0. The van der Waals surface area contributed by atoms with Gasteiger partial charge in [-0.3, -0.25) is 0 Å². The molecule has 0 bridgehead atoms. The Balaban J connectivity index is 3.26. The van der Waals surface area contributed by atoms with Gasteiger partial charge in [-0.15, -0.1) is 13.2 Å². The summed E-state index contributed by atoms with van der Waals surface area (Å²) < 4.78 is 45.1. The van der Waals surface area contributed by atoms with Crippen molar-refractivity contribution in [3.05, 3.63) is 22.9 Å². The molecule has 0 amide bonds. The zero-order chi connectivity index (χ0) is 14.6. The fourth-order valence-corrected chi connectivity index (χ4v) is 1.37. The van der Waals surface area contributed by atoms with Gasteiger partial charge in [0.05, 0.1) is 6.61 Å². The van der Waals surface area contributed by atoms with Crippen LogP contribution in [0, 0.1) is 6.92 Å². The third-order valence-corrected chi connectivity index (χ3v) is 2.21. The molecule has 5 nitrogen and oxygen atoms in total. The molecular weight excluding hydrogens is 265 g/mol. The molecule has 0 spiro atoms. The lowest BCUT2D eigenvalue weighted by Crippen LogP contribution is -2.21. The van der Waals surface area contributed by atoms with Gasteiger partial charge in [0.15, 0.2) is 0 Å². The smallest absolute Gasteiger partial charge is 0.462 e. The van der Waals surface area contributed by atoms with Gasteiger partial charge in [-0.25, -0.2) is 9.78 Å². The fourth-order valence-electron chi connectivity index (χ4n) is 1.37. The minimum absolute atomic E-state index is 0.0239. The van der Waals surface area contributed by atoms with Crippen molar-refractivity contribution in [2.75, 3.05) is 6.61 Å². The predicted molar refractivity (Wildman–Crippen MR) is 59.5 cm³/mol. The van der Waals surface area contributed by atoms with Crippen LogP contribution in [-0.2, 0) is 11.3 Å². The molecule has 0 saturated heterocycles. The van der Waals surface area contributed by atoms with Gasteiger partial charge in [0.25, 0.3) is 0 Å². The molecule has 2 N–H and O–H groups in total. The Morgan fingerprint density at radius 2 is 2.11 bits per heavy atom. The Bertz CT molecular complexity index is 475. The van der Waals surface area contributed by atoms with Crippen molar-refractivity contribution in [1.82, 2.24) is 4.98 Å². The quantitative estimate of drug-likeness (QED) is 0.852. The average Bonchev–Trinajstić information content (AvgIpc) is 2.27. The van der Waals surface area contributed by atoms with Crippen molar-refractivity contribution < 1.29 is 27.4 Å². The average molecular weight is 278 g/mol. The van der Waals surface area contributed by atoms with Crippen LogP contribution in [0.4, 0.5) is 13.2 Å². The number of carbonyl (C=O) groups is 1. The first-order valence-corrected chi connectivity index (χ1v) is 5.42. The highest BCUT2D eigenvalue weighted by atomic mass is 19.4. The Kier molecular flexibility index (Phi) is 4.71. The number of hydrogen-bond acceptors (Lipinski definition) is 5. The lowest BCUT2D eigenvalue weighted by Gasteiger charge is -2.14. The van der Waals surface area contributed by atoms with E-state index >= 15 is 0 Å². The van der Waals surface area contributed by atoms with E-state index in [1.807, 2.05) is 0 Å². The van der Waals surface area contributed by atoms with E-state index in [9.17, 15) is 18.0 Å². The summed E-state index contributed by atoms with van der Waals surface area (Å²) in [6.45, 7) is 3.07. The molecule has 0 aliphatic carbocycles. The minimum Gasteiger partial charge on any atom is -0.462 e. The number of rotatable bonds is 4. The Labute approximate surface area is 107 Å². The first-order chi connectivity index (χ1) is 8.78. The molecule has 0 atom stereocenters. The van der Waals surface area contributed by atoms with Crippen LogP contribution in [0.1, 0.15) is 28.5 Å². The van der Waals surface area contributed by atoms with E-state index in [-0.39, 0.29) is 18.8 Å². The number of aromatic nitrogens is 1. The highest BCUT2D eigenvalue weighted by molar-refractivity contribution is 5.92. The summed E-state index contributed by atoms with van der Waals surface area (Å²) in [5.41, 5.74) is 5.72. The molecule has 8 heteroatoms. The number of carbonyl (C=O) groups excluding carboxylic acids is 1. The number of halogens is 3. The highest BCUT2D eigenvalue weighted by Crippen LogP contribution is 2.27. The number of ether oxygens (including phenoxy) is 2. The number of nitrogens with two attached hydrogens (primary N) is 1. The van der Waals surface area contributed by atoms with Crippen molar-refractivity contribution in [2.45, 2.75) is 26.8 Å². The molecule has 0 unspecified atom stereocenters. The van der Waals surface area contributed by atoms with Gasteiger partial charge in [0.2, 0.25) is 5.88 Å². The molecule has 1 heterocycles. The van der Waals surface area contributed by atoms with Crippen LogP contribution < -0.4 is 10.5 Å². The molecule has 19 heavy (non-hydrogen) atoms. The summed E-state index contributed by atoms with van der Waals surface area (Å²) in [6, 6.07) is 1.20. The van der Waals surface area contributed by atoms with Crippen molar-refractivity contribution in [3.8, 4) is 5.88 Å². The number of nitrogens with zero attached hydrogens (tertiary/aromatic N) is 1. The van der Waals surface area contributed by atoms with E-state index in [0.717, 1.165) is 0 Å². The molecule has 0 aromatic carbocycles. The van der Waals surface area contributed by atoms with Gasteiger partial charge >= 0.3 is 12.3 Å². The van der Waals surface area contributed by atoms with Crippen LogP contribution >= 0.6 is 0 Å². The SMILES string of the molecule is CCOC(=O)c1cc(CN)c(C)nc1OC(F)(F)F. The third kappa shape index (κ3) is 4.09. The summed E-state index contributed by atoms with van der Waals surface area (Å²) in [4.78, 5) is 15.2. The number of alkyl halides is 3. The molecule has 106 valence electrons. The molecule has 0 fully saturated rings. The van der Waals surface area contributed by atoms with Crippen LogP contribution in [-0.4, -0.2) is 23.9 Å². The number of esters is 1. The molecular formula is C11H13F3N2O3. The predicted octanol–water partition coefficient (Wildman–Crippen LogP) is 1.92. The topological polar surface area (TPSA) is 74.4 Å². The van der Waals surface area contributed by atoms with Crippen LogP contribution in [0.3, 0.4) is 0 Å². The van der Waals surface area contributed by atoms with E-state index in [2.05, 4.69) is 14.5 Å². The second-order valence-electron chi connectivity index (χ2n) is 3.56. The van der Waals surface area contributed by atoms with Crippen LogP contribution in [0.15, 0.2) is 6.07 Å². The number of pyridine rings is 1. The molecule has 1 aromatic heterocycles.